The molecule has 0 amide bonds. The van der Waals surface area contributed by atoms with E-state index in [1.165, 1.54) is 37.0 Å². The summed E-state index contributed by atoms with van der Waals surface area (Å²) in [6.07, 6.45) is 8.11. The van der Waals surface area contributed by atoms with Crippen LogP contribution in [0.4, 0.5) is 0 Å². The molecule has 0 radical (unpaired) electrons. The summed E-state index contributed by atoms with van der Waals surface area (Å²) < 4.78 is 1.30. The summed E-state index contributed by atoms with van der Waals surface area (Å²) in [5.74, 6) is 0. The average Bonchev–Trinajstić information content (AvgIpc) is 3.01. The van der Waals surface area contributed by atoms with E-state index in [1.807, 2.05) is 12.2 Å². The third kappa shape index (κ3) is 2.72. The van der Waals surface area contributed by atoms with Crippen molar-refractivity contribution < 1.29 is 0 Å². The topological polar surface area (TPSA) is 0 Å². The minimum atomic E-state index is -0.278. The highest BCUT2D eigenvalue weighted by Crippen LogP contribution is 2.57. The molecule has 0 fully saturated rings. The summed E-state index contributed by atoms with van der Waals surface area (Å²) in [6, 6.07) is 26.4. The molecule has 0 aliphatic heterocycles. The molecule has 0 nitrogen and oxygen atoms in total. The lowest BCUT2D eigenvalue weighted by atomic mass is 9.67. The quantitative estimate of drug-likeness (QED) is 0.283. The second-order valence-corrected chi connectivity index (χ2v) is 7.96. The second kappa shape index (κ2) is 7.32. The van der Waals surface area contributed by atoms with Crippen molar-refractivity contribution >= 4 is 22.6 Å². The Morgan fingerprint density at radius 3 is 2.33 bits per heavy atom. The molecule has 132 valence electrons. The monoisotopic (exact) mass is 460 g/mol. The van der Waals surface area contributed by atoms with Gasteiger partial charge in [0.05, 0.1) is 5.41 Å². The summed E-state index contributed by atoms with van der Waals surface area (Å²) >= 11 is 2.47. The lowest BCUT2D eigenvalue weighted by molar-refractivity contribution is 0.746. The number of benzene rings is 3. The summed E-state index contributed by atoms with van der Waals surface area (Å²) in [6.45, 7) is 6.04. The maximum Gasteiger partial charge on any atom is 0.0674 e. The van der Waals surface area contributed by atoms with Gasteiger partial charge in [0.2, 0.25) is 0 Å². The standard InChI is InChI=1S/C26H21I/c1-3-4-6-12-19(2)26(20-13-7-5-8-14-20)22-16-10-9-15-21(22)25-23(26)17-11-18-24(25)27/h3-18H,1H2,2H3/b6-4-,19-12+. The van der Waals surface area contributed by atoms with E-state index in [-0.39, 0.29) is 5.41 Å². The van der Waals surface area contributed by atoms with Gasteiger partial charge in [-0.25, -0.2) is 0 Å². The fourth-order valence-electron chi connectivity index (χ4n) is 4.34. The molecule has 0 saturated heterocycles. The van der Waals surface area contributed by atoms with E-state index in [0.717, 1.165) is 0 Å². The van der Waals surface area contributed by atoms with E-state index < -0.39 is 0 Å². The molecule has 27 heavy (non-hydrogen) atoms. The SMILES string of the molecule is C=C/C=C\C=C(/C)C1(c2ccccc2)c2ccccc2-c2c(I)cccc21. The number of fused-ring (bicyclic) bond motifs is 3. The maximum absolute atomic E-state index is 3.80. The molecule has 0 bridgehead atoms. The fourth-order valence-corrected chi connectivity index (χ4v) is 5.13. The van der Waals surface area contributed by atoms with Crippen LogP contribution in [0.25, 0.3) is 11.1 Å². The smallest absolute Gasteiger partial charge is 0.0674 e. The molecule has 0 aromatic heterocycles. The van der Waals surface area contributed by atoms with Crippen LogP contribution in [0.3, 0.4) is 0 Å². The maximum atomic E-state index is 3.80. The van der Waals surface area contributed by atoms with Gasteiger partial charge in [-0.1, -0.05) is 103 Å². The van der Waals surface area contributed by atoms with Gasteiger partial charge >= 0.3 is 0 Å². The van der Waals surface area contributed by atoms with Crippen molar-refractivity contribution in [2.45, 2.75) is 12.3 Å². The second-order valence-electron chi connectivity index (χ2n) is 6.79. The van der Waals surface area contributed by atoms with E-state index in [4.69, 9.17) is 0 Å². The van der Waals surface area contributed by atoms with Crippen LogP contribution in [0.1, 0.15) is 23.6 Å². The lowest BCUT2D eigenvalue weighted by Gasteiger charge is -2.34. The fraction of sp³-hybridized carbons (Fsp3) is 0.0769. The van der Waals surface area contributed by atoms with Gasteiger partial charge in [-0.2, -0.15) is 0 Å². The van der Waals surface area contributed by atoms with Gasteiger partial charge in [0, 0.05) is 9.13 Å². The Hall–Kier alpha value is -2.39. The van der Waals surface area contributed by atoms with Crippen molar-refractivity contribution in [3.05, 3.63) is 130 Å². The first kappa shape index (κ1) is 18.0. The van der Waals surface area contributed by atoms with Crippen molar-refractivity contribution in [2.75, 3.05) is 0 Å². The predicted octanol–water partition coefficient (Wildman–Crippen LogP) is 7.29. The van der Waals surface area contributed by atoms with Gasteiger partial charge in [0.25, 0.3) is 0 Å². The van der Waals surface area contributed by atoms with Crippen LogP contribution < -0.4 is 0 Å². The number of hydrogen-bond donors (Lipinski definition) is 0. The van der Waals surface area contributed by atoms with Gasteiger partial charge in [-0.3, -0.25) is 0 Å². The zero-order chi connectivity index (χ0) is 18.9. The van der Waals surface area contributed by atoms with E-state index in [2.05, 4.69) is 121 Å². The Morgan fingerprint density at radius 1 is 0.852 bits per heavy atom. The van der Waals surface area contributed by atoms with Crippen molar-refractivity contribution in [1.82, 2.24) is 0 Å². The molecule has 1 aliphatic rings. The van der Waals surface area contributed by atoms with Crippen molar-refractivity contribution in [1.29, 1.82) is 0 Å². The molecule has 4 rings (SSSR count). The van der Waals surface area contributed by atoms with E-state index in [1.54, 1.807) is 0 Å². The first-order valence-corrected chi connectivity index (χ1v) is 10.2. The average molecular weight is 460 g/mol. The van der Waals surface area contributed by atoms with E-state index in [0.29, 0.717) is 0 Å². The normalized spacial score (nSPS) is 18.4. The molecule has 3 aromatic rings. The number of rotatable bonds is 4. The largest absolute Gasteiger partial charge is 0.0991 e. The van der Waals surface area contributed by atoms with Gasteiger partial charge in [0.1, 0.15) is 0 Å². The molecule has 0 spiro atoms. The highest BCUT2D eigenvalue weighted by molar-refractivity contribution is 14.1. The summed E-state index contributed by atoms with van der Waals surface area (Å²) in [5.41, 5.74) is 7.75. The van der Waals surface area contributed by atoms with E-state index in [9.17, 15) is 0 Å². The van der Waals surface area contributed by atoms with Gasteiger partial charge < -0.3 is 0 Å². The minimum absolute atomic E-state index is 0.278. The van der Waals surface area contributed by atoms with Crippen LogP contribution in [0.15, 0.2) is 109 Å². The molecular weight excluding hydrogens is 439 g/mol. The third-order valence-corrected chi connectivity index (χ3v) is 6.31. The Labute approximate surface area is 175 Å². The molecular formula is C26H21I. The van der Waals surface area contributed by atoms with Crippen molar-refractivity contribution in [2.24, 2.45) is 0 Å². The zero-order valence-electron chi connectivity index (χ0n) is 15.3. The van der Waals surface area contributed by atoms with Crippen LogP contribution >= 0.6 is 22.6 Å². The minimum Gasteiger partial charge on any atom is -0.0991 e. The molecule has 1 atom stereocenters. The Morgan fingerprint density at radius 2 is 1.56 bits per heavy atom. The Bertz CT molecular complexity index is 1060. The first-order chi connectivity index (χ1) is 13.2. The summed E-state index contributed by atoms with van der Waals surface area (Å²) in [4.78, 5) is 0. The molecule has 0 heterocycles. The van der Waals surface area contributed by atoms with E-state index >= 15 is 0 Å². The van der Waals surface area contributed by atoms with Crippen LogP contribution in [-0.4, -0.2) is 0 Å². The third-order valence-electron chi connectivity index (χ3n) is 5.41. The molecule has 3 aromatic carbocycles. The molecule has 1 aliphatic carbocycles. The van der Waals surface area contributed by atoms with Gasteiger partial charge in [0.15, 0.2) is 0 Å². The highest BCUT2D eigenvalue weighted by atomic mass is 127. The van der Waals surface area contributed by atoms with Crippen LogP contribution in [0.5, 0.6) is 0 Å². The van der Waals surface area contributed by atoms with Gasteiger partial charge in [-0.15, -0.1) is 0 Å². The molecule has 0 N–H and O–H groups in total. The predicted molar refractivity (Wildman–Crippen MR) is 124 cm³/mol. The lowest BCUT2D eigenvalue weighted by Crippen LogP contribution is -2.28. The number of allylic oxidation sites excluding steroid dienone is 5. The molecule has 0 saturated carbocycles. The summed E-state index contributed by atoms with van der Waals surface area (Å²) in [7, 11) is 0. The van der Waals surface area contributed by atoms with Crippen molar-refractivity contribution in [3.63, 3.8) is 0 Å². The number of halogens is 1. The highest BCUT2D eigenvalue weighted by Gasteiger charge is 2.46. The molecule has 1 unspecified atom stereocenters. The van der Waals surface area contributed by atoms with Crippen LogP contribution in [0, 0.1) is 3.57 Å². The Balaban J connectivity index is 2.15. The van der Waals surface area contributed by atoms with Gasteiger partial charge in [-0.05, 0) is 57.8 Å². The molecule has 1 heteroatoms. The Kier molecular flexibility index (Phi) is 4.88. The summed E-state index contributed by atoms with van der Waals surface area (Å²) in [5, 5.41) is 0. The first-order valence-electron chi connectivity index (χ1n) is 9.12. The number of hydrogen-bond acceptors (Lipinski definition) is 0. The van der Waals surface area contributed by atoms with Crippen LogP contribution in [-0.2, 0) is 5.41 Å². The van der Waals surface area contributed by atoms with Crippen molar-refractivity contribution in [3.8, 4) is 11.1 Å². The zero-order valence-corrected chi connectivity index (χ0v) is 17.5. The van der Waals surface area contributed by atoms with Crippen LogP contribution in [0.2, 0.25) is 0 Å².